The lowest BCUT2D eigenvalue weighted by Crippen LogP contribution is -2.55. The topological polar surface area (TPSA) is 88.8 Å². The van der Waals surface area contributed by atoms with Crippen LogP contribution in [0.5, 0.6) is 6.01 Å². The second-order valence-electron chi connectivity index (χ2n) is 11.8. The molecule has 12 heteroatoms. The maximum Gasteiger partial charge on any atom is 0.318 e. The zero-order chi connectivity index (χ0) is 31.6. The van der Waals surface area contributed by atoms with Gasteiger partial charge in [0.1, 0.15) is 12.4 Å². The molecule has 3 aromatic rings. The van der Waals surface area contributed by atoms with Crippen molar-refractivity contribution in [2.45, 2.75) is 44.2 Å². The standard InChI is InChI=1S/C33H36ClF2N7O2/c1-2-29(44)43-18-17-42(21-24(43)9-13-37)31-25-10-14-41(28-8-4-6-23-5-3-7-26(34)30(23)28)22-27(25)38-32(39-31)45-20-19-40-15-11-33(35,36)12-16-40/h2-8,24H,1,9-12,14-22H2/t24-/m0/s1. The number of carbonyl (C=O) groups is 1. The number of carbonyl (C=O) groups excluding carboxylic acids is 1. The van der Waals surface area contributed by atoms with E-state index in [1.165, 1.54) is 6.08 Å². The second kappa shape index (κ2) is 13.2. The molecule has 0 aliphatic carbocycles. The van der Waals surface area contributed by atoms with Crippen molar-refractivity contribution in [1.29, 1.82) is 5.26 Å². The van der Waals surface area contributed by atoms with Gasteiger partial charge in [0.2, 0.25) is 5.91 Å². The molecule has 9 nitrogen and oxygen atoms in total. The third-order valence-corrected chi connectivity index (χ3v) is 9.30. The summed E-state index contributed by atoms with van der Waals surface area (Å²) in [6, 6.07) is 14.2. The Morgan fingerprint density at radius 3 is 2.64 bits per heavy atom. The predicted octanol–water partition coefficient (Wildman–Crippen LogP) is 5.07. The number of piperidine rings is 1. The molecule has 0 N–H and O–H groups in total. The molecule has 3 aliphatic heterocycles. The molecule has 2 fully saturated rings. The van der Waals surface area contributed by atoms with Gasteiger partial charge in [-0.1, -0.05) is 42.4 Å². The van der Waals surface area contributed by atoms with Crippen molar-refractivity contribution in [1.82, 2.24) is 19.8 Å². The van der Waals surface area contributed by atoms with E-state index < -0.39 is 5.92 Å². The molecule has 6 rings (SSSR count). The molecule has 0 saturated carbocycles. The number of hydrogen-bond donors (Lipinski definition) is 0. The van der Waals surface area contributed by atoms with Gasteiger partial charge in [0, 0.05) is 75.3 Å². The Morgan fingerprint density at radius 2 is 1.89 bits per heavy atom. The molecule has 0 radical (unpaired) electrons. The summed E-state index contributed by atoms with van der Waals surface area (Å²) < 4.78 is 33.4. The summed E-state index contributed by atoms with van der Waals surface area (Å²) >= 11 is 6.67. The Labute approximate surface area is 266 Å². The first-order valence-corrected chi connectivity index (χ1v) is 15.7. The monoisotopic (exact) mass is 635 g/mol. The van der Waals surface area contributed by atoms with Gasteiger partial charge in [0.25, 0.3) is 5.92 Å². The average molecular weight is 636 g/mol. The number of aromatic nitrogens is 2. The fourth-order valence-electron chi connectivity index (χ4n) is 6.56. The maximum absolute atomic E-state index is 13.6. The maximum atomic E-state index is 13.6. The number of nitrogens with zero attached hydrogens (tertiary/aromatic N) is 7. The number of benzene rings is 2. The molecular formula is C33H36ClF2N7O2. The molecule has 1 aromatic heterocycles. The van der Waals surface area contributed by atoms with Crippen LogP contribution in [0.1, 0.15) is 30.5 Å². The first kappa shape index (κ1) is 31.0. The highest BCUT2D eigenvalue weighted by atomic mass is 35.5. The summed E-state index contributed by atoms with van der Waals surface area (Å²) in [6.07, 6.45) is 1.87. The highest BCUT2D eigenvalue weighted by molar-refractivity contribution is 6.36. The van der Waals surface area contributed by atoms with Crippen LogP contribution in [-0.4, -0.2) is 90.1 Å². The molecule has 0 bridgehead atoms. The number of fused-ring (bicyclic) bond motifs is 2. The van der Waals surface area contributed by atoms with Gasteiger partial charge in [-0.3, -0.25) is 9.69 Å². The van der Waals surface area contributed by atoms with E-state index in [4.69, 9.17) is 26.3 Å². The number of amides is 1. The Balaban J connectivity index is 1.28. The summed E-state index contributed by atoms with van der Waals surface area (Å²) in [4.78, 5) is 30.3. The third-order valence-electron chi connectivity index (χ3n) is 8.99. The highest BCUT2D eigenvalue weighted by Crippen LogP contribution is 2.37. The van der Waals surface area contributed by atoms with Crippen molar-refractivity contribution in [3.8, 4) is 12.1 Å². The lowest BCUT2D eigenvalue weighted by Gasteiger charge is -2.42. The Morgan fingerprint density at radius 1 is 1.11 bits per heavy atom. The number of piperazine rings is 1. The number of alkyl halides is 2. The van der Waals surface area contributed by atoms with Gasteiger partial charge in [0.05, 0.1) is 35.8 Å². The van der Waals surface area contributed by atoms with Crippen molar-refractivity contribution < 1.29 is 18.3 Å². The quantitative estimate of drug-likeness (QED) is 0.317. The van der Waals surface area contributed by atoms with E-state index in [-0.39, 0.29) is 43.8 Å². The fourth-order valence-corrected chi connectivity index (χ4v) is 6.84. The molecule has 0 spiro atoms. The molecule has 236 valence electrons. The molecule has 4 heterocycles. The zero-order valence-electron chi connectivity index (χ0n) is 25.1. The van der Waals surface area contributed by atoms with Crippen LogP contribution < -0.4 is 14.5 Å². The Hall–Kier alpha value is -4.01. The molecule has 45 heavy (non-hydrogen) atoms. The van der Waals surface area contributed by atoms with Crippen LogP contribution in [0.15, 0.2) is 49.1 Å². The van der Waals surface area contributed by atoms with E-state index in [1.54, 1.807) is 4.90 Å². The lowest BCUT2D eigenvalue weighted by atomic mass is 10.0. The summed E-state index contributed by atoms with van der Waals surface area (Å²) in [5, 5.41) is 12.2. The number of hydrogen-bond acceptors (Lipinski definition) is 8. The van der Waals surface area contributed by atoms with Crippen molar-refractivity contribution in [3.63, 3.8) is 0 Å². The SMILES string of the molecule is C=CC(=O)N1CCN(c2nc(OCCN3CCC(F)(F)CC3)nc3c2CCN(c2cccc4cccc(Cl)c24)C3)C[C@@H]1CC#N. The van der Waals surface area contributed by atoms with Crippen molar-refractivity contribution in [2.24, 2.45) is 0 Å². The molecular weight excluding hydrogens is 600 g/mol. The molecule has 1 amide bonds. The number of nitriles is 1. The van der Waals surface area contributed by atoms with Gasteiger partial charge in [-0.05, 0) is 30.0 Å². The minimum absolute atomic E-state index is 0.148. The van der Waals surface area contributed by atoms with Gasteiger partial charge in [-0.2, -0.15) is 15.2 Å². The molecule has 0 unspecified atom stereocenters. The van der Waals surface area contributed by atoms with Gasteiger partial charge in [-0.25, -0.2) is 8.78 Å². The molecule has 2 saturated heterocycles. The van der Waals surface area contributed by atoms with E-state index >= 15 is 0 Å². The van der Waals surface area contributed by atoms with Crippen LogP contribution in [0.2, 0.25) is 5.02 Å². The van der Waals surface area contributed by atoms with Gasteiger partial charge in [-0.15, -0.1) is 0 Å². The summed E-state index contributed by atoms with van der Waals surface area (Å²) in [6.45, 7) is 7.70. The van der Waals surface area contributed by atoms with E-state index in [1.807, 2.05) is 35.2 Å². The van der Waals surface area contributed by atoms with E-state index in [0.717, 1.165) is 40.1 Å². The van der Waals surface area contributed by atoms with Crippen LogP contribution in [0.4, 0.5) is 20.3 Å². The lowest BCUT2D eigenvalue weighted by molar-refractivity contribution is -0.128. The second-order valence-corrected chi connectivity index (χ2v) is 12.2. The van der Waals surface area contributed by atoms with Gasteiger partial charge >= 0.3 is 6.01 Å². The predicted molar refractivity (Wildman–Crippen MR) is 170 cm³/mol. The normalized spacial score (nSPS) is 20.0. The molecule has 2 aromatic carbocycles. The fraction of sp³-hybridized carbons (Fsp3) is 0.455. The van der Waals surface area contributed by atoms with E-state index in [2.05, 4.69) is 28.5 Å². The number of rotatable bonds is 8. The minimum atomic E-state index is -2.60. The molecule has 3 aliphatic rings. The van der Waals surface area contributed by atoms with Crippen LogP contribution in [-0.2, 0) is 17.8 Å². The summed E-state index contributed by atoms with van der Waals surface area (Å²) in [5.74, 6) is -2.04. The van der Waals surface area contributed by atoms with Crippen molar-refractivity contribution in [2.75, 3.05) is 62.2 Å². The number of halogens is 3. The number of ether oxygens (including phenoxy) is 1. The van der Waals surface area contributed by atoms with E-state index in [9.17, 15) is 18.8 Å². The highest BCUT2D eigenvalue weighted by Gasteiger charge is 2.35. The first-order chi connectivity index (χ1) is 21.8. The van der Waals surface area contributed by atoms with E-state index in [0.29, 0.717) is 57.3 Å². The average Bonchev–Trinajstić information content (AvgIpc) is 3.04. The first-order valence-electron chi connectivity index (χ1n) is 15.4. The minimum Gasteiger partial charge on any atom is -0.462 e. The molecule has 1 atom stereocenters. The van der Waals surface area contributed by atoms with Crippen molar-refractivity contribution >= 4 is 39.8 Å². The van der Waals surface area contributed by atoms with Gasteiger partial charge < -0.3 is 19.4 Å². The number of likely N-dealkylation sites (tertiary alicyclic amines) is 1. The summed E-state index contributed by atoms with van der Waals surface area (Å²) in [5.41, 5.74) is 2.88. The summed E-state index contributed by atoms with van der Waals surface area (Å²) in [7, 11) is 0. The van der Waals surface area contributed by atoms with Crippen LogP contribution in [0.3, 0.4) is 0 Å². The Kier molecular flexibility index (Phi) is 9.06. The van der Waals surface area contributed by atoms with Crippen LogP contribution >= 0.6 is 11.6 Å². The van der Waals surface area contributed by atoms with Crippen molar-refractivity contribution in [3.05, 3.63) is 65.3 Å². The largest absolute Gasteiger partial charge is 0.462 e. The van der Waals surface area contributed by atoms with Crippen LogP contribution in [0, 0.1) is 11.3 Å². The number of anilines is 2. The smallest absolute Gasteiger partial charge is 0.318 e. The van der Waals surface area contributed by atoms with Gasteiger partial charge in [0.15, 0.2) is 0 Å². The van der Waals surface area contributed by atoms with Crippen LogP contribution in [0.25, 0.3) is 10.8 Å². The third kappa shape index (κ3) is 6.67. The zero-order valence-corrected chi connectivity index (χ0v) is 25.9. The Bertz CT molecular complexity index is 1620.